The molecular weight excluding hydrogens is 659 g/mol. The fraction of sp³-hybridized carbons (Fsp3) is 0.0938. The van der Waals surface area contributed by atoms with E-state index in [1.54, 1.807) is 78.9 Å². The number of ether oxygens (including phenoxy) is 2. The molecule has 0 radical (unpaired) electrons. The van der Waals surface area contributed by atoms with E-state index in [1.165, 1.54) is 15.9 Å². The lowest BCUT2D eigenvalue weighted by molar-refractivity contribution is -0.120. The average Bonchev–Trinajstić information content (AvgIpc) is 2.97. The zero-order chi connectivity index (χ0) is 29.8. The minimum atomic E-state index is -0.532. The van der Waals surface area contributed by atoms with Gasteiger partial charge in [0.05, 0.1) is 22.5 Å². The molecule has 0 N–H and O–H groups in total. The molecule has 1 saturated heterocycles. The number of amides is 2. The molecule has 0 atom stereocenters. The van der Waals surface area contributed by atoms with Crippen molar-refractivity contribution >= 4 is 85.7 Å². The second-order valence-electron chi connectivity index (χ2n) is 9.08. The second kappa shape index (κ2) is 13.1. The third-order valence-corrected chi connectivity index (χ3v) is 7.85. The van der Waals surface area contributed by atoms with Crippen LogP contribution < -0.4 is 19.3 Å². The maximum Gasteiger partial charge on any atom is 0.270 e. The third kappa shape index (κ3) is 6.22. The Morgan fingerprint density at radius 1 is 0.833 bits per heavy atom. The maximum atomic E-state index is 13.8. The zero-order valence-electron chi connectivity index (χ0n) is 22.2. The van der Waals surface area contributed by atoms with Gasteiger partial charge in [0.2, 0.25) is 0 Å². The van der Waals surface area contributed by atoms with Crippen molar-refractivity contribution in [2.24, 2.45) is 0 Å². The van der Waals surface area contributed by atoms with Crippen LogP contribution >= 0.6 is 51.3 Å². The largest absolute Gasteiger partial charge is 0.490 e. The Morgan fingerprint density at radius 2 is 1.43 bits per heavy atom. The lowest BCUT2D eigenvalue weighted by Gasteiger charge is -2.36. The number of carbonyl (C=O) groups is 2. The molecule has 1 aliphatic rings. The number of hydrogen-bond donors (Lipinski definition) is 0. The van der Waals surface area contributed by atoms with Crippen LogP contribution in [-0.2, 0) is 16.2 Å². The molecule has 0 saturated carbocycles. The second-order valence-corrected chi connectivity index (χ2v) is 11.1. The first-order chi connectivity index (χ1) is 20.3. The zero-order valence-corrected chi connectivity index (χ0v) is 26.1. The van der Waals surface area contributed by atoms with Gasteiger partial charge in [0.25, 0.3) is 11.8 Å². The maximum absolute atomic E-state index is 13.8. The lowest BCUT2D eigenvalue weighted by Crippen LogP contribution is -2.56. The van der Waals surface area contributed by atoms with Crippen LogP contribution in [0.5, 0.6) is 11.5 Å². The van der Waals surface area contributed by atoms with Crippen molar-refractivity contribution in [3.05, 3.63) is 122 Å². The number of nitrogens with zero attached hydrogens (tertiary/aromatic N) is 2. The fourth-order valence-corrected chi connectivity index (χ4v) is 5.78. The molecule has 4 aromatic carbocycles. The molecule has 0 aromatic heterocycles. The number of carbonyl (C=O) groups excluding carboxylic acids is 2. The number of para-hydroxylation sites is 2. The smallest absolute Gasteiger partial charge is 0.270 e. The van der Waals surface area contributed by atoms with Crippen LogP contribution in [0.1, 0.15) is 18.1 Å². The summed E-state index contributed by atoms with van der Waals surface area (Å²) >= 11 is 21.6. The standard InChI is InChI=1S/C32H23BrCl2N2O4S/c1-2-40-28-17-20(16-26(33)29(28)41-19-21-13-14-22(34)18-27(21)35)15-25-30(38)36(23-9-5-3-6-10-23)32(42)37(31(25)39)24-11-7-4-8-12-24/h3-18H,2,19H2,1H3. The minimum absolute atomic E-state index is 0.0627. The van der Waals surface area contributed by atoms with Gasteiger partial charge in [0, 0.05) is 15.6 Å². The number of benzene rings is 4. The molecule has 42 heavy (non-hydrogen) atoms. The Morgan fingerprint density at radius 3 is 1.98 bits per heavy atom. The van der Waals surface area contributed by atoms with Crippen molar-refractivity contribution in [1.82, 2.24) is 0 Å². The van der Waals surface area contributed by atoms with Crippen LogP contribution in [0, 0.1) is 0 Å². The summed E-state index contributed by atoms with van der Waals surface area (Å²) < 4.78 is 12.5. The Bertz CT molecular complexity index is 1640. The molecule has 1 aliphatic heterocycles. The monoisotopic (exact) mass is 680 g/mol. The fourth-order valence-electron chi connectivity index (χ4n) is 4.37. The first kappa shape index (κ1) is 29.8. The molecule has 1 fully saturated rings. The topological polar surface area (TPSA) is 59.1 Å². The Balaban J connectivity index is 1.55. The molecule has 10 heteroatoms. The van der Waals surface area contributed by atoms with E-state index < -0.39 is 11.8 Å². The van der Waals surface area contributed by atoms with Crippen LogP contribution in [0.2, 0.25) is 10.0 Å². The van der Waals surface area contributed by atoms with Gasteiger partial charge >= 0.3 is 0 Å². The molecule has 6 nitrogen and oxygen atoms in total. The van der Waals surface area contributed by atoms with Crippen LogP contribution in [-0.4, -0.2) is 23.5 Å². The van der Waals surface area contributed by atoms with E-state index in [1.807, 2.05) is 19.1 Å². The predicted molar refractivity (Wildman–Crippen MR) is 175 cm³/mol. The Kier molecular flexibility index (Phi) is 9.28. The number of anilines is 2. The van der Waals surface area contributed by atoms with Gasteiger partial charge in [-0.3, -0.25) is 19.4 Å². The summed E-state index contributed by atoms with van der Waals surface area (Å²) in [6, 6.07) is 26.6. The van der Waals surface area contributed by atoms with Crippen LogP contribution in [0.25, 0.3) is 6.08 Å². The normalized spacial score (nSPS) is 13.4. The summed E-state index contributed by atoms with van der Waals surface area (Å²) in [6.07, 6.45) is 1.53. The molecule has 0 unspecified atom stereocenters. The summed E-state index contributed by atoms with van der Waals surface area (Å²) in [7, 11) is 0. The highest BCUT2D eigenvalue weighted by Crippen LogP contribution is 2.39. The molecule has 2 amide bonds. The van der Waals surface area contributed by atoms with E-state index in [0.29, 0.717) is 49.6 Å². The molecule has 4 aromatic rings. The van der Waals surface area contributed by atoms with Gasteiger partial charge in [-0.05, 0) is 95.2 Å². The predicted octanol–water partition coefficient (Wildman–Crippen LogP) is 8.48. The highest BCUT2D eigenvalue weighted by Gasteiger charge is 2.41. The Hall–Kier alpha value is -3.69. The van der Waals surface area contributed by atoms with Crippen LogP contribution in [0.4, 0.5) is 11.4 Å². The van der Waals surface area contributed by atoms with Gasteiger partial charge in [0.15, 0.2) is 16.6 Å². The highest BCUT2D eigenvalue weighted by atomic mass is 79.9. The van der Waals surface area contributed by atoms with Crippen molar-refractivity contribution in [2.45, 2.75) is 13.5 Å². The van der Waals surface area contributed by atoms with Gasteiger partial charge in [-0.15, -0.1) is 0 Å². The van der Waals surface area contributed by atoms with Crippen LogP contribution in [0.15, 0.2) is 101 Å². The van der Waals surface area contributed by atoms with Gasteiger partial charge in [-0.1, -0.05) is 65.7 Å². The van der Waals surface area contributed by atoms with E-state index in [0.717, 1.165) is 5.56 Å². The van der Waals surface area contributed by atoms with Gasteiger partial charge < -0.3 is 9.47 Å². The summed E-state index contributed by atoms with van der Waals surface area (Å²) in [4.78, 5) is 30.4. The molecule has 212 valence electrons. The van der Waals surface area contributed by atoms with Crippen molar-refractivity contribution in [2.75, 3.05) is 16.4 Å². The third-order valence-electron chi connectivity index (χ3n) is 6.31. The van der Waals surface area contributed by atoms with Crippen molar-refractivity contribution in [3.63, 3.8) is 0 Å². The Labute approximate surface area is 267 Å². The molecule has 1 heterocycles. The summed E-state index contributed by atoms with van der Waals surface area (Å²) in [5.41, 5.74) is 2.33. The summed E-state index contributed by atoms with van der Waals surface area (Å²) in [5, 5.41) is 1.08. The SMILES string of the molecule is CCOc1cc(C=C2C(=O)N(c3ccccc3)C(=S)N(c3ccccc3)C2=O)cc(Br)c1OCc1ccc(Cl)cc1Cl. The van der Waals surface area contributed by atoms with Gasteiger partial charge in [0.1, 0.15) is 12.2 Å². The molecule has 0 spiro atoms. The molecule has 0 aliphatic carbocycles. The first-order valence-corrected chi connectivity index (χ1v) is 14.8. The van der Waals surface area contributed by atoms with E-state index in [4.69, 9.17) is 44.9 Å². The van der Waals surface area contributed by atoms with E-state index in [-0.39, 0.29) is 17.3 Å². The highest BCUT2D eigenvalue weighted by molar-refractivity contribution is 9.10. The quantitative estimate of drug-likeness (QED) is 0.106. The molecule has 5 rings (SSSR count). The molecular formula is C32H23BrCl2N2O4S. The average molecular weight is 682 g/mol. The van der Waals surface area contributed by atoms with Gasteiger partial charge in [-0.25, -0.2) is 0 Å². The van der Waals surface area contributed by atoms with E-state index in [9.17, 15) is 9.59 Å². The summed E-state index contributed by atoms with van der Waals surface area (Å²) in [6.45, 7) is 2.38. The number of halogens is 3. The number of hydrogen-bond acceptors (Lipinski definition) is 5. The lowest BCUT2D eigenvalue weighted by atomic mass is 10.0. The van der Waals surface area contributed by atoms with Crippen molar-refractivity contribution in [3.8, 4) is 11.5 Å². The minimum Gasteiger partial charge on any atom is -0.490 e. The van der Waals surface area contributed by atoms with Crippen molar-refractivity contribution < 1.29 is 19.1 Å². The summed E-state index contributed by atoms with van der Waals surface area (Å²) in [5.74, 6) is -0.190. The molecule has 0 bridgehead atoms. The number of thiocarbonyl (C=S) groups is 1. The van der Waals surface area contributed by atoms with Crippen molar-refractivity contribution in [1.29, 1.82) is 0 Å². The number of rotatable bonds is 8. The van der Waals surface area contributed by atoms with Gasteiger partial charge in [-0.2, -0.15) is 0 Å². The van der Waals surface area contributed by atoms with E-state index in [2.05, 4.69) is 15.9 Å². The van der Waals surface area contributed by atoms with E-state index >= 15 is 0 Å². The van der Waals surface area contributed by atoms with Crippen LogP contribution in [0.3, 0.4) is 0 Å². The first-order valence-electron chi connectivity index (χ1n) is 12.9.